The molecule has 2 heterocycles. The molecule has 0 aromatic carbocycles. The lowest BCUT2D eigenvalue weighted by Crippen LogP contribution is -2.29. The molecule has 0 aliphatic carbocycles. The van der Waals surface area contributed by atoms with E-state index < -0.39 is 28.1 Å². The van der Waals surface area contributed by atoms with Gasteiger partial charge in [-0.2, -0.15) is 13.2 Å². The smallest absolute Gasteiger partial charge is 0.292 e. The van der Waals surface area contributed by atoms with Crippen LogP contribution >= 0.6 is 22.7 Å². The van der Waals surface area contributed by atoms with Gasteiger partial charge in [-0.05, 0) is 6.92 Å². The monoisotopic (exact) mass is 338 g/mol. The molecular weight excluding hydrogens is 333 g/mol. The molecule has 0 aliphatic rings. The first-order valence-corrected chi connectivity index (χ1v) is 6.72. The van der Waals surface area contributed by atoms with E-state index in [0.717, 1.165) is 11.3 Å². The van der Waals surface area contributed by atoms with Crippen molar-refractivity contribution in [1.29, 1.82) is 0 Å². The summed E-state index contributed by atoms with van der Waals surface area (Å²) in [6.07, 6.45) is -4.66. The Balaban J connectivity index is 1.97. The van der Waals surface area contributed by atoms with Crippen molar-refractivity contribution in [3.05, 3.63) is 10.0 Å². The fourth-order valence-corrected chi connectivity index (χ4v) is 2.24. The average molecular weight is 338 g/mol. The summed E-state index contributed by atoms with van der Waals surface area (Å²) >= 11 is 1.15. The number of anilines is 2. The lowest BCUT2D eigenvalue weighted by atomic mass is 10.5. The maximum atomic E-state index is 12.3. The molecule has 21 heavy (non-hydrogen) atoms. The van der Waals surface area contributed by atoms with Crippen LogP contribution in [0.3, 0.4) is 0 Å². The Morgan fingerprint density at radius 2 is 1.48 bits per heavy atom. The second-order valence-electron chi connectivity index (χ2n) is 3.44. The first kappa shape index (κ1) is 15.2. The average Bonchev–Trinajstić information content (AvgIpc) is 2.98. The molecule has 13 heteroatoms. The van der Waals surface area contributed by atoms with Crippen molar-refractivity contribution >= 4 is 44.8 Å². The van der Waals surface area contributed by atoms with Gasteiger partial charge in [-0.25, -0.2) is 0 Å². The van der Waals surface area contributed by atoms with E-state index in [0.29, 0.717) is 5.01 Å². The number of aryl methyl sites for hydroxylation is 1. The summed E-state index contributed by atoms with van der Waals surface area (Å²) in [5.74, 6) is -2.29. The summed E-state index contributed by atoms with van der Waals surface area (Å²) in [5, 5.41) is 16.2. The van der Waals surface area contributed by atoms with E-state index in [1.807, 2.05) is 5.32 Å². The van der Waals surface area contributed by atoms with E-state index in [4.69, 9.17) is 0 Å². The highest BCUT2D eigenvalue weighted by molar-refractivity contribution is 7.16. The van der Waals surface area contributed by atoms with E-state index in [2.05, 4.69) is 25.7 Å². The lowest BCUT2D eigenvalue weighted by Gasteiger charge is -2.00. The van der Waals surface area contributed by atoms with Crippen molar-refractivity contribution in [2.45, 2.75) is 13.1 Å². The van der Waals surface area contributed by atoms with Gasteiger partial charge in [0.25, 0.3) is 0 Å². The van der Waals surface area contributed by atoms with E-state index >= 15 is 0 Å². The van der Waals surface area contributed by atoms with E-state index in [9.17, 15) is 22.8 Å². The van der Waals surface area contributed by atoms with Gasteiger partial charge < -0.3 is 0 Å². The number of nitrogens with one attached hydrogen (secondary N) is 2. The van der Waals surface area contributed by atoms with Gasteiger partial charge >= 0.3 is 18.0 Å². The summed E-state index contributed by atoms with van der Waals surface area (Å²) < 4.78 is 36.9. The highest BCUT2D eigenvalue weighted by Crippen LogP contribution is 2.32. The number of hydrogen-bond acceptors (Lipinski definition) is 8. The molecule has 0 saturated heterocycles. The molecule has 2 aromatic rings. The minimum Gasteiger partial charge on any atom is -0.292 e. The molecule has 0 atom stereocenters. The van der Waals surface area contributed by atoms with Gasteiger partial charge in [0.1, 0.15) is 5.01 Å². The van der Waals surface area contributed by atoms with Crippen LogP contribution in [0.2, 0.25) is 0 Å². The predicted molar refractivity (Wildman–Crippen MR) is 66.8 cm³/mol. The minimum absolute atomic E-state index is 0.0981. The number of nitrogens with zero attached hydrogens (tertiary/aromatic N) is 4. The molecule has 0 bridgehead atoms. The number of alkyl halides is 3. The highest BCUT2D eigenvalue weighted by Gasteiger charge is 2.36. The summed E-state index contributed by atoms with van der Waals surface area (Å²) in [5.41, 5.74) is 0. The highest BCUT2D eigenvalue weighted by atomic mass is 32.1. The maximum absolute atomic E-state index is 12.3. The van der Waals surface area contributed by atoms with E-state index in [1.54, 1.807) is 6.92 Å². The van der Waals surface area contributed by atoms with Crippen LogP contribution in [0.5, 0.6) is 0 Å². The molecule has 2 aromatic heterocycles. The van der Waals surface area contributed by atoms with Crippen LogP contribution in [0.15, 0.2) is 0 Å². The molecule has 2 N–H and O–H groups in total. The van der Waals surface area contributed by atoms with Gasteiger partial charge in [0, 0.05) is 0 Å². The van der Waals surface area contributed by atoms with Gasteiger partial charge in [-0.1, -0.05) is 22.7 Å². The van der Waals surface area contributed by atoms with Gasteiger partial charge in [-0.15, -0.1) is 20.4 Å². The van der Waals surface area contributed by atoms with Gasteiger partial charge in [0.05, 0.1) is 0 Å². The largest absolute Gasteiger partial charge is 0.445 e. The molecule has 0 spiro atoms. The standard InChI is InChI=1S/C8H5F3N6O2S2/c1-2-14-16-6(20-2)12-3(18)4(19)13-7-17-15-5(21-7)8(9,10)11/h1H3,(H,12,16,18)(H,13,17,19). The normalized spacial score (nSPS) is 11.2. The number of rotatable bonds is 2. The van der Waals surface area contributed by atoms with Crippen LogP contribution in [0.1, 0.15) is 10.0 Å². The van der Waals surface area contributed by atoms with Crippen LogP contribution in [0.4, 0.5) is 23.4 Å². The van der Waals surface area contributed by atoms with Crippen LogP contribution in [-0.2, 0) is 15.8 Å². The van der Waals surface area contributed by atoms with Crippen molar-refractivity contribution in [2.24, 2.45) is 0 Å². The van der Waals surface area contributed by atoms with Crippen LogP contribution < -0.4 is 10.6 Å². The molecule has 0 unspecified atom stereocenters. The molecule has 0 radical (unpaired) electrons. The Bertz CT molecular complexity index is 682. The predicted octanol–water partition coefficient (Wildman–Crippen LogP) is 1.29. The second kappa shape index (κ2) is 5.69. The zero-order valence-corrected chi connectivity index (χ0v) is 11.7. The zero-order chi connectivity index (χ0) is 15.6. The molecule has 0 aliphatic heterocycles. The quantitative estimate of drug-likeness (QED) is 0.799. The van der Waals surface area contributed by atoms with Crippen LogP contribution in [0, 0.1) is 6.92 Å². The third-order valence-corrected chi connectivity index (χ3v) is 3.48. The molecule has 2 amide bonds. The van der Waals surface area contributed by atoms with E-state index in [1.165, 1.54) is 0 Å². The molecule has 8 nitrogen and oxygen atoms in total. The number of carbonyl (C=O) groups is 2. The minimum atomic E-state index is -4.66. The lowest BCUT2D eigenvalue weighted by molar-refractivity contribution is -0.138. The molecule has 0 saturated carbocycles. The molecule has 2 rings (SSSR count). The van der Waals surface area contributed by atoms with Crippen LogP contribution in [0.25, 0.3) is 0 Å². The molecule has 0 fully saturated rings. The Labute approximate surface area is 122 Å². The number of hydrogen-bond donors (Lipinski definition) is 2. The molecular formula is C8H5F3N6O2S2. The topological polar surface area (TPSA) is 110 Å². The first-order valence-electron chi connectivity index (χ1n) is 5.09. The van der Waals surface area contributed by atoms with Gasteiger partial charge in [-0.3, -0.25) is 20.2 Å². The Hall–Kier alpha value is -2.15. The van der Waals surface area contributed by atoms with Crippen molar-refractivity contribution in [3.8, 4) is 0 Å². The number of aromatic nitrogens is 4. The Kier molecular flexibility index (Phi) is 4.13. The summed E-state index contributed by atoms with van der Waals surface area (Å²) in [7, 11) is 0. The fourth-order valence-electron chi connectivity index (χ4n) is 1.04. The number of carbonyl (C=O) groups excluding carboxylic acids is 2. The molecule has 112 valence electrons. The first-order chi connectivity index (χ1) is 9.75. The number of halogens is 3. The van der Waals surface area contributed by atoms with Crippen LogP contribution in [-0.4, -0.2) is 32.2 Å². The third kappa shape index (κ3) is 3.91. The fraction of sp³-hybridized carbons (Fsp3) is 0.250. The van der Waals surface area contributed by atoms with Crippen molar-refractivity contribution in [1.82, 2.24) is 20.4 Å². The summed E-state index contributed by atoms with van der Waals surface area (Å²) in [6, 6.07) is 0. The second-order valence-corrected chi connectivity index (χ2v) is 5.60. The van der Waals surface area contributed by atoms with Gasteiger partial charge in [0.15, 0.2) is 0 Å². The van der Waals surface area contributed by atoms with Gasteiger partial charge in [0.2, 0.25) is 15.3 Å². The van der Waals surface area contributed by atoms with Crippen molar-refractivity contribution in [2.75, 3.05) is 10.6 Å². The maximum Gasteiger partial charge on any atom is 0.445 e. The summed E-state index contributed by atoms with van der Waals surface area (Å²) in [4.78, 5) is 23.0. The summed E-state index contributed by atoms with van der Waals surface area (Å²) in [6.45, 7) is 1.65. The Morgan fingerprint density at radius 1 is 0.952 bits per heavy atom. The number of amides is 2. The Morgan fingerprint density at radius 3 is 1.90 bits per heavy atom. The third-order valence-electron chi connectivity index (χ3n) is 1.84. The van der Waals surface area contributed by atoms with Crippen molar-refractivity contribution in [3.63, 3.8) is 0 Å². The SMILES string of the molecule is Cc1nnc(NC(=O)C(=O)Nc2nnc(C(F)(F)F)s2)s1. The zero-order valence-electron chi connectivity index (χ0n) is 10.1. The van der Waals surface area contributed by atoms with E-state index in [-0.39, 0.29) is 16.5 Å². The van der Waals surface area contributed by atoms with Crippen molar-refractivity contribution < 1.29 is 22.8 Å².